The molecule has 0 bridgehead atoms. The summed E-state index contributed by atoms with van der Waals surface area (Å²) in [5, 5.41) is 0. The quantitative estimate of drug-likeness (QED) is 0.462. The van der Waals surface area contributed by atoms with Crippen molar-refractivity contribution in [3.63, 3.8) is 0 Å². The SMILES string of the molecule is CC1(C)CC[C@H]2O[C@@]2(C)[C@@H]2CC[C@]3(C)[C@H]([C@@H]21)C3(Cl)Cl. The summed E-state index contributed by atoms with van der Waals surface area (Å²) in [7, 11) is 0. The molecule has 1 nitrogen and oxygen atoms in total. The van der Waals surface area contributed by atoms with Crippen molar-refractivity contribution in [1.82, 2.24) is 0 Å². The summed E-state index contributed by atoms with van der Waals surface area (Å²) in [4.78, 5) is 0. The van der Waals surface area contributed by atoms with Crippen molar-refractivity contribution in [2.45, 2.75) is 69.4 Å². The van der Waals surface area contributed by atoms with Crippen molar-refractivity contribution < 1.29 is 4.74 Å². The first-order chi connectivity index (χ1) is 8.65. The van der Waals surface area contributed by atoms with E-state index in [0.29, 0.717) is 29.3 Å². The minimum atomic E-state index is -0.505. The first-order valence-corrected chi connectivity index (χ1v) is 8.46. The fourth-order valence-electron chi connectivity index (χ4n) is 5.68. The maximum Gasteiger partial charge on any atom is 0.127 e. The van der Waals surface area contributed by atoms with Crippen molar-refractivity contribution >= 4 is 23.2 Å². The second-order valence-corrected chi connectivity index (χ2v) is 9.89. The molecule has 1 aliphatic heterocycles. The van der Waals surface area contributed by atoms with Crippen molar-refractivity contribution in [1.29, 1.82) is 0 Å². The highest BCUT2D eigenvalue weighted by molar-refractivity contribution is 6.51. The summed E-state index contributed by atoms with van der Waals surface area (Å²) in [5.41, 5.74) is 0.591. The Kier molecular flexibility index (Phi) is 2.30. The van der Waals surface area contributed by atoms with Gasteiger partial charge in [0.05, 0.1) is 11.7 Å². The van der Waals surface area contributed by atoms with Gasteiger partial charge >= 0.3 is 0 Å². The molecule has 0 amide bonds. The van der Waals surface area contributed by atoms with Crippen LogP contribution in [-0.2, 0) is 4.74 Å². The lowest BCUT2D eigenvalue weighted by atomic mass is 9.60. The molecule has 0 aromatic heterocycles. The molecule has 0 radical (unpaired) electrons. The van der Waals surface area contributed by atoms with Gasteiger partial charge in [0, 0.05) is 11.3 Å². The van der Waals surface area contributed by atoms with Crippen LogP contribution in [0.4, 0.5) is 0 Å². The lowest BCUT2D eigenvalue weighted by Crippen LogP contribution is -2.41. The second kappa shape index (κ2) is 3.31. The minimum Gasteiger partial charge on any atom is -0.366 e. The fraction of sp³-hybridized carbons (Fsp3) is 1.00. The lowest BCUT2D eigenvalue weighted by Gasteiger charge is -2.44. The Morgan fingerprint density at radius 2 is 1.68 bits per heavy atom. The summed E-state index contributed by atoms with van der Waals surface area (Å²) < 4.78 is 5.58. The predicted molar refractivity (Wildman–Crippen MR) is 78.5 cm³/mol. The normalized spacial score (nSPS) is 60.3. The van der Waals surface area contributed by atoms with Gasteiger partial charge < -0.3 is 4.74 Å². The van der Waals surface area contributed by atoms with Crippen LogP contribution < -0.4 is 0 Å². The summed E-state index contributed by atoms with van der Waals surface area (Å²) in [6.07, 6.45) is 5.33. The van der Waals surface area contributed by atoms with Gasteiger partial charge in [-0.2, -0.15) is 0 Å². The molecule has 0 aromatic carbocycles. The molecule has 19 heavy (non-hydrogen) atoms. The Morgan fingerprint density at radius 3 is 2.37 bits per heavy atom. The van der Waals surface area contributed by atoms with E-state index in [1.807, 2.05) is 0 Å². The third kappa shape index (κ3) is 1.38. The highest BCUT2D eigenvalue weighted by atomic mass is 35.5. The van der Waals surface area contributed by atoms with Crippen molar-refractivity contribution in [3.8, 4) is 0 Å². The standard InChI is InChI=1S/C16H24Cl2O/c1-13(2)7-6-10-15(4,19-10)9-5-8-14(3)12(11(9)13)16(14,17)18/h9-12H,5-8H2,1-4H3/t9-,10-,11-,12+,14-,15+/m1/s1. The zero-order chi connectivity index (χ0) is 13.8. The van der Waals surface area contributed by atoms with Crippen molar-refractivity contribution in [3.05, 3.63) is 0 Å². The molecule has 3 saturated carbocycles. The molecule has 1 saturated heterocycles. The van der Waals surface area contributed by atoms with Crippen LogP contribution in [0.1, 0.15) is 53.4 Å². The largest absolute Gasteiger partial charge is 0.366 e. The van der Waals surface area contributed by atoms with E-state index >= 15 is 0 Å². The molecule has 0 aromatic rings. The molecule has 0 spiro atoms. The van der Waals surface area contributed by atoms with E-state index in [9.17, 15) is 0 Å². The van der Waals surface area contributed by atoms with Gasteiger partial charge in [-0.3, -0.25) is 0 Å². The van der Waals surface area contributed by atoms with Gasteiger partial charge in [0.1, 0.15) is 4.33 Å². The number of halogens is 2. The molecule has 4 fully saturated rings. The zero-order valence-corrected chi connectivity index (χ0v) is 13.8. The van der Waals surface area contributed by atoms with Gasteiger partial charge in [-0.15, -0.1) is 23.2 Å². The predicted octanol–water partition coefficient (Wildman–Crippen LogP) is 4.80. The van der Waals surface area contributed by atoms with E-state index in [1.54, 1.807) is 0 Å². The highest BCUT2D eigenvalue weighted by Gasteiger charge is 2.81. The van der Waals surface area contributed by atoms with Gasteiger partial charge in [0.15, 0.2) is 0 Å². The van der Waals surface area contributed by atoms with E-state index in [0.717, 1.165) is 6.42 Å². The number of alkyl halides is 2. The third-order valence-electron chi connectivity index (χ3n) is 7.19. The van der Waals surface area contributed by atoms with E-state index in [2.05, 4.69) is 27.7 Å². The Hall–Kier alpha value is 0.540. The number of epoxide rings is 1. The smallest absolute Gasteiger partial charge is 0.127 e. The van der Waals surface area contributed by atoms with E-state index in [4.69, 9.17) is 27.9 Å². The molecule has 0 unspecified atom stereocenters. The molecule has 3 heteroatoms. The molecule has 108 valence electrons. The molecule has 4 aliphatic rings. The van der Waals surface area contributed by atoms with Crippen LogP contribution in [0.5, 0.6) is 0 Å². The summed E-state index contributed by atoms with van der Waals surface area (Å²) in [5.74, 6) is 1.71. The molecular weight excluding hydrogens is 279 g/mol. The van der Waals surface area contributed by atoms with Crippen LogP contribution in [-0.4, -0.2) is 16.0 Å². The van der Waals surface area contributed by atoms with Crippen LogP contribution in [0.3, 0.4) is 0 Å². The number of ether oxygens (including phenoxy) is 1. The fourth-order valence-corrected chi connectivity index (χ4v) is 6.75. The van der Waals surface area contributed by atoms with Crippen LogP contribution >= 0.6 is 23.2 Å². The van der Waals surface area contributed by atoms with Crippen LogP contribution in [0.25, 0.3) is 0 Å². The van der Waals surface area contributed by atoms with Crippen molar-refractivity contribution in [2.24, 2.45) is 28.6 Å². The molecule has 4 rings (SSSR count). The van der Waals surface area contributed by atoms with Crippen LogP contribution in [0, 0.1) is 28.6 Å². The summed E-state index contributed by atoms with van der Waals surface area (Å²) >= 11 is 13.4. The third-order valence-corrected chi connectivity index (χ3v) is 8.52. The molecule has 0 N–H and O–H groups in total. The number of rotatable bonds is 0. The number of hydrogen-bond acceptors (Lipinski definition) is 1. The minimum absolute atomic E-state index is 0.117. The molecule has 6 atom stereocenters. The van der Waals surface area contributed by atoms with Gasteiger partial charge in [-0.05, 0) is 49.9 Å². The van der Waals surface area contributed by atoms with Gasteiger partial charge in [0.2, 0.25) is 0 Å². The van der Waals surface area contributed by atoms with Crippen LogP contribution in [0.15, 0.2) is 0 Å². The maximum absolute atomic E-state index is 6.69. The molecule has 3 aliphatic carbocycles. The average molecular weight is 303 g/mol. The first kappa shape index (κ1) is 13.2. The number of fused-ring (bicyclic) bond motifs is 5. The van der Waals surface area contributed by atoms with Crippen LogP contribution in [0.2, 0.25) is 0 Å². The Balaban J connectivity index is 1.78. The molecule has 1 heterocycles. The second-order valence-electron chi connectivity index (χ2n) is 8.51. The lowest BCUT2D eigenvalue weighted by molar-refractivity contribution is 0.0125. The van der Waals surface area contributed by atoms with Gasteiger partial charge in [0.25, 0.3) is 0 Å². The van der Waals surface area contributed by atoms with Gasteiger partial charge in [-0.25, -0.2) is 0 Å². The molecular formula is C16H24Cl2O. The van der Waals surface area contributed by atoms with E-state index in [1.165, 1.54) is 19.3 Å². The topological polar surface area (TPSA) is 12.5 Å². The van der Waals surface area contributed by atoms with Gasteiger partial charge in [-0.1, -0.05) is 20.8 Å². The zero-order valence-electron chi connectivity index (χ0n) is 12.3. The van der Waals surface area contributed by atoms with E-state index < -0.39 is 4.33 Å². The number of hydrogen-bond donors (Lipinski definition) is 0. The first-order valence-electron chi connectivity index (χ1n) is 7.70. The Labute approximate surface area is 126 Å². The Bertz CT molecular complexity index is 446. The average Bonchev–Trinajstić information content (AvgIpc) is 3.09. The highest BCUT2D eigenvalue weighted by Crippen LogP contribution is 2.81. The van der Waals surface area contributed by atoms with Crippen molar-refractivity contribution in [2.75, 3.05) is 0 Å². The summed E-state index contributed by atoms with van der Waals surface area (Å²) in [6.45, 7) is 9.47. The maximum atomic E-state index is 6.69. The summed E-state index contributed by atoms with van der Waals surface area (Å²) in [6, 6.07) is 0. The van der Waals surface area contributed by atoms with E-state index in [-0.39, 0.29) is 11.0 Å². The monoisotopic (exact) mass is 302 g/mol. The Morgan fingerprint density at radius 1 is 1.00 bits per heavy atom.